The van der Waals surface area contributed by atoms with Gasteiger partial charge in [0.15, 0.2) is 11.5 Å². The molecule has 1 fully saturated rings. The topological polar surface area (TPSA) is 119 Å². The molecule has 4 rings (SSSR count). The van der Waals surface area contributed by atoms with Gasteiger partial charge in [-0.2, -0.15) is 8.42 Å². The van der Waals surface area contributed by atoms with Crippen molar-refractivity contribution in [2.24, 2.45) is 0 Å². The van der Waals surface area contributed by atoms with Crippen molar-refractivity contribution < 1.29 is 36.8 Å². The standard InChI is InChI=1S/C22H19NO8S3/c24-20(25)2-1-9-23-21(26)19(33-22(23)32)12-14-3-5-15(6-4-14)31-34(27,28)16-7-8-17-18(13-16)30-11-10-29-17/h3-8,12-13H,1-2,9-11H2,(H,24,25). The van der Waals surface area contributed by atoms with Crippen LogP contribution in [-0.2, 0) is 19.7 Å². The van der Waals surface area contributed by atoms with Crippen molar-refractivity contribution in [1.82, 2.24) is 4.90 Å². The Kier molecular flexibility index (Phi) is 7.10. The molecule has 0 spiro atoms. The molecule has 0 bridgehead atoms. The van der Waals surface area contributed by atoms with E-state index >= 15 is 0 Å². The summed E-state index contributed by atoms with van der Waals surface area (Å²) in [4.78, 5) is 25.0. The molecule has 1 N–H and O–H groups in total. The molecule has 1 saturated heterocycles. The molecule has 1 amide bonds. The molecule has 0 aromatic heterocycles. The third-order valence-electron chi connectivity index (χ3n) is 4.83. The van der Waals surface area contributed by atoms with E-state index in [4.69, 9.17) is 31.0 Å². The molecule has 0 aliphatic carbocycles. The number of carbonyl (C=O) groups is 2. The normalized spacial score (nSPS) is 16.7. The molecule has 0 atom stereocenters. The van der Waals surface area contributed by atoms with Crippen LogP contribution in [0.4, 0.5) is 0 Å². The predicted octanol–water partition coefficient (Wildman–Crippen LogP) is 3.29. The van der Waals surface area contributed by atoms with Crippen LogP contribution in [0.5, 0.6) is 17.2 Å². The third kappa shape index (κ3) is 5.51. The molecule has 2 aliphatic heterocycles. The number of hydrogen-bond acceptors (Lipinski definition) is 9. The van der Waals surface area contributed by atoms with Crippen molar-refractivity contribution in [3.05, 3.63) is 52.9 Å². The van der Waals surface area contributed by atoms with E-state index in [1.54, 1.807) is 18.2 Å². The van der Waals surface area contributed by atoms with E-state index in [9.17, 15) is 18.0 Å². The SMILES string of the molecule is O=C(O)CCCN1C(=O)C(=Cc2ccc(OS(=O)(=O)c3ccc4c(c3)OCCO4)cc2)SC1=S. The number of benzene rings is 2. The molecule has 2 aromatic rings. The van der Waals surface area contributed by atoms with Crippen LogP contribution >= 0.6 is 24.0 Å². The van der Waals surface area contributed by atoms with Crippen LogP contribution in [0, 0.1) is 0 Å². The highest BCUT2D eigenvalue weighted by Crippen LogP contribution is 2.34. The number of thiocarbonyl (C=S) groups is 1. The average molecular weight is 522 g/mol. The van der Waals surface area contributed by atoms with E-state index in [1.165, 1.54) is 35.2 Å². The molecule has 2 aromatic carbocycles. The van der Waals surface area contributed by atoms with Crippen LogP contribution in [0.25, 0.3) is 6.08 Å². The number of fused-ring (bicyclic) bond motifs is 1. The first-order chi connectivity index (χ1) is 16.2. The molecular formula is C22H19NO8S3. The van der Waals surface area contributed by atoms with Crippen LogP contribution in [0.1, 0.15) is 18.4 Å². The first-order valence-electron chi connectivity index (χ1n) is 10.1. The van der Waals surface area contributed by atoms with Gasteiger partial charge in [-0.25, -0.2) is 0 Å². The fraction of sp³-hybridized carbons (Fsp3) is 0.227. The number of carboxylic acids is 1. The van der Waals surface area contributed by atoms with Gasteiger partial charge in [0.05, 0.1) is 4.91 Å². The minimum atomic E-state index is -4.10. The van der Waals surface area contributed by atoms with E-state index < -0.39 is 16.1 Å². The summed E-state index contributed by atoms with van der Waals surface area (Å²) in [6, 6.07) is 10.5. The Morgan fingerprint density at radius 1 is 1.15 bits per heavy atom. The molecule has 34 heavy (non-hydrogen) atoms. The Balaban J connectivity index is 1.43. The molecule has 178 valence electrons. The largest absolute Gasteiger partial charge is 0.486 e. The lowest BCUT2D eigenvalue weighted by molar-refractivity contribution is -0.137. The Bertz CT molecular complexity index is 1270. The van der Waals surface area contributed by atoms with Gasteiger partial charge in [-0.05, 0) is 42.3 Å². The average Bonchev–Trinajstić information content (AvgIpc) is 3.07. The minimum absolute atomic E-state index is 0.0489. The lowest BCUT2D eigenvalue weighted by Gasteiger charge is -2.18. The summed E-state index contributed by atoms with van der Waals surface area (Å²) >= 11 is 6.36. The highest BCUT2D eigenvalue weighted by atomic mass is 32.2. The first-order valence-corrected chi connectivity index (χ1v) is 12.8. The first kappa shape index (κ1) is 24.0. The van der Waals surface area contributed by atoms with Gasteiger partial charge in [0.25, 0.3) is 5.91 Å². The number of carboxylic acid groups (broad SMARTS) is 1. The molecular weight excluding hydrogens is 502 g/mol. The maximum absolute atomic E-state index is 12.7. The van der Waals surface area contributed by atoms with Crippen molar-refractivity contribution in [1.29, 1.82) is 0 Å². The summed E-state index contributed by atoms with van der Waals surface area (Å²) in [5.41, 5.74) is 0.648. The van der Waals surface area contributed by atoms with Crippen LogP contribution in [0.2, 0.25) is 0 Å². The second kappa shape index (κ2) is 10.0. The summed E-state index contributed by atoms with van der Waals surface area (Å²) in [5.74, 6) is -0.303. The smallest absolute Gasteiger partial charge is 0.339 e. The van der Waals surface area contributed by atoms with E-state index in [-0.39, 0.29) is 29.5 Å². The van der Waals surface area contributed by atoms with Gasteiger partial charge in [-0.15, -0.1) is 0 Å². The quantitative estimate of drug-likeness (QED) is 0.315. The molecule has 0 radical (unpaired) electrons. The summed E-state index contributed by atoms with van der Waals surface area (Å²) in [5, 5.41) is 8.76. The zero-order chi connectivity index (χ0) is 24.3. The van der Waals surface area contributed by atoms with Crippen molar-refractivity contribution >= 4 is 56.4 Å². The second-order valence-corrected chi connectivity index (χ2v) is 10.5. The number of rotatable bonds is 8. The zero-order valence-corrected chi connectivity index (χ0v) is 20.1. The number of amides is 1. The lowest BCUT2D eigenvalue weighted by Crippen LogP contribution is -2.29. The Morgan fingerprint density at radius 2 is 1.85 bits per heavy atom. The Labute approximate surface area is 205 Å². The van der Waals surface area contributed by atoms with Gasteiger partial charge in [0.1, 0.15) is 28.2 Å². The van der Waals surface area contributed by atoms with Crippen LogP contribution in [-0.4, -0.2) is 54.4 Å². The van der Waals surface area contributed by atoms with Gasteiger partial charge >= 0.3 is 16.1 Å². The molecule has 2 aliphatic rings. The highest BCUT2D eigenvalue weighted by Gasteiger charge is 2.31. The summed E-state index contributed by atoms with van der Waals surface area (Å²) < 4.78 is 41.7. The minimum Gasteiger partial charge on any atom is -0.486 e. The van der Waals surface area contributed by atoms with Gasteiger partial charge in [0, 0.05) is 19.0 Å². The zero-order valence-electron chi connectivity index (χ0n) is 17.6. The van der Waals surface area contributed by atoms with E-state index in [1.807, 2.05) is 0 Å². The van der Waals surface area contributed by atoms with Gasteiger partial charge in [-0.1, -0.05) is 36.1 Å². The molecule has 12 heteroatoms. The summed E-state index contributed by atoms with van der Waals surface area (Å²) in [6.07, 6.45) is 1.89. The number of carbonyl (C=O) groups excluding carboxylic acids is 1. The van der Waals surface area contributed by atoms with Gasteiger partial charge in [-0.3, -0.25) is 14.5 Å². The summed E-state index contributed by atoms with van der Waals surface area (Å²) in [6.45, 7) is 0.968. The van der Waals surface area contributed by atoms with E-state index in [0.717, 1.165) is 11.8 Å². The van der Waals surface area contributed by atoms with Crippen molar-refractivity contribution in [2.75, 3.05) is 19.8 Å². The number of nitrogens with zero attached hydrogens (tertiary/aromatic N) is 1. The number of ether oxygens (including phenoxy) is 2. The van der Waals surface area contributed by atoms with Crippen molar-refractivity contribution in [2.45, 2.75) is 17.7 Å². The molecule has 0 unspecified atom stereocenters. The summed E-state index contributed by atoms with van der Waals surface area (Å²) in [7, 11) is -4.10. The van der Waals surface area contributed by atoms with Gasteiger partial charge in [0.2, 0.25) is 0 Å². The van der Waals surface area contributed by atoms with E-state index in [0.29, 0.717) is 45.9 Å². The van der Waals surface area contributed by atoms with Crippen molar-refractivity contribution in [3.8, 4) is 17.2 Å². The van der Waals surface area contributed by atoms with Crippen LogP contribution < -0.4 is 13.7 Å². The Morgan fingerprint density at radius 3 is 2.56 bits per heavy atom. The molecule has 2 heterocycles. The highest BCUT2D eigenvalue weighted by molar-refractivity contribution is 8.26. The fourth-order valence-corrected chi connectivity index (χ4v) is 5.46. The maximum atomic E-state index is 12.7. The van der Waals surface area contributed by atoms with Crippen LogP contribution in [0.3, 0.4) is 0 Å². The monoisotopic (exact) mass is 521 g/mol. The number of hydrogen-bond donors (Lipinski definition) is 1. The number of aliphatic carboxylic acids is 1. The van der Waals surface area contributed by atoms with Crippen LogP contribution in [0.15, 0.2) is 52.3 Å². The molecule has 9 nitrogen and oxygen atoms in total. The third-order valence-corrected chi connectivity index (χ3v) is 7.45. The van der Waals surface area contributed by atoms with Gasteiger partial charge < -0.3 is 18.8 Å². The van der Waals surface area contributed by atoms with Crippen molar-refractivity contribution in [3.63, 3.8) is 0 Å². The number of thioether (sulfide) groups is 1. The maximum Gasteiger partial charge on any atom is 0.339 e. The van der Waals surface area contributed by atoms with E-state index in [2.05, 4.69) is 0 Å². The second-order valence-electron chi connectivity index (χ2n) is 7.24. The molecule has 0 saturated carbocycles. The fourth-order valence-electron chi connectivity index (χ4n) is 3.21. The lowest BCUT2D eigenvalue weighted by atomic mass is 10.2. The predicted molar refractivity (Wildman–Crippen MR) is 128 cm³/mol. The Hall–Kier alpha value is -3.09.